The number of carboxylic acid groups (broad SMARTS) is 1. The van der Waals surface area contributed by atoms with E-state index in [1.165, 1.54) is 23.2 Å². The second-order valence-corrected chi connectivity index (χ2v) is 11.5. The summed E-state index contributed by atoms with van der Waals surface area (Å²) < 4.78 is 33.3. The van der Waals surface area contributed by atoms with Gasteiger partial charge in [-0.3, -0.25) is 9.59 Å². The van der Waals surface area contributed by atoms with Crippen LogP contribution in [0.15, 0.2) is 53.4 Å². The summed E-state index contributed by atoms with van der Waals surface area (Å²) in [6, 6.07) is 13.7. The molecule has 2 aromatic carbocycles. The number of benzene rings is 2. The normalized spacial score (nSPS) is 21.5. The SMILES string of the molecule is COC(=O)CCS[C@@H]1C[C@@H](c2ccc(C)cc2)N(S(=O)(=O)c2ccc(C)cc2)C[C@H]1C(=O)O. The molecule has 0 saturated carbocycles. The van der Waals surface area contributed by atoms with Gasteiger partial charge in [-0.05, 0) is 38.0 Å². The lowest BCUT2D eigenvalue weighted by atomic mass is 9.90. The maximum absolute atomic E-state index is 13.6. The molecule has 1 saturated heterocycles. The van der Waals surface area contributed by atoms with E-state index < -0.39 is 28.0 Å². The van der Waals surface area contributed by atoms with Gasteiger partial charge in [0.15, 0.2) is 0 Å². The summed E-state index contributed by atoms with van der Waals surface area (Å²) in [5.74, 6) is -1.89. The van der Waals surface area contributed by atoms with E-state index in [4.69, 9.17) is 0 Å². The van der Waals surface area contributed by atoms with Crippen molar-refractivity contribution in [2.45, 2.75) is 42.9 Å². The second-order valence-electron chi connectivity index (χ2n) is 8.23. The molecule has 1 heterocycles. The summed E-state index contributed by atoms with van der Waals surface area (Å²) in [6.07, 6.45) is 0.502. The van der Waals surface area contributed by atoms with Crippen LogP contribution in [-0.2, 0) is 24.3 Å². The first kappa shape index (κ1) is 25.3. The maximum atomic E-state index is 13.6. The summed E-state index contributed by atoms with van der Waals surface area (Å²) in [4.78, 5) is 23.8. The highest BCUT2D eigenvalue weighted by Crippen LogP contribution is 2.42. The number of ether oxygens (including phenoxy) is 1. The Kier molecular flexibility index (Phi) is 8.20. The quantitative estimate of drug-likeness (QED) is 0.561. The molecule has 0 aliphatic carbocycles. The van der Waals surface area contributed by atoms with Gasteiger partial charge in [0, 0.05) is 17.5 Å². The third-order valence-corrected chi connectivity index (χ3v) is 9.18. The molecule has 178 valence electrons. The lowest BCUT2D eigenvalue weighted by molar-refractivity contribution is -0.143. The van der Waals surface area contributed by atoms with Gasteiger partial charge in [-0.15, -0.1) is 0 Å². The Morgan fingerprint density at radius 3 is 2.18 bits per heavy atom. The lowest BCUT2D eigenvalue weighted by Gasteiger charge is -2.41. The van der Waals surface area contributed by atoms with Crippen molar-refractivity contribution in [3.63, 3.8) is 0 Å². The van der Waals surface area contributed by atoms with Gasteiger partial charge in [0.25, 0.3) is 0 Å². The Labute approximate surface area is 199 Å². The van der Waals surface area contributed by atoms with Crippen molar-refractivity contribution in [2.75, 3.05) is 19.4 Å². The average Bonchev–Trinajstić information content (AvgIpc) is 2.79. The van der Waals surface area contributed by atoms with Crippen molar-refractivity contribution in [3.05, 3.63) is 65.2 Å². The van der Waals surface area contributed by atoms with Gasteiger partial charge < -0.3 is 9.84 Å². The van der Waals surface area contributed by atoms with Crippen LogP contribution in [0.1, 0.15) is 35.6 Å². The van der Waals surface area contributed by atoms with E-state index in [1.807, 2.05) is 38.1 Å². The number of carboxylic acids is 1. The smallest absolute Gasteiger partial charge is 0.308 e. The van der Waals surface area contributed by atoms with Crippen LogP contribution in [0.2, 0.25) is 0 Å². The summed E-state index contributed by atoms with van der Waals surface area (Å²) in [5, 5.41) is 9.58. The number of rotatable bonds is 8. The summed E-state index contributed by atoms with van der Waals surface area (Å²) >= 11 is 1.39. The highest BCUT2D eigenvalue weighted by atomic mass is 32.2. The average molecular weight is 492 g/mol. The lowest BCUT2D eigenvalue weighted by Crippen LogP contribution is -2.49. The fraction of sp³-hybridized carbons (Fsp3) is 0.417. The van der Waals surface area contributed by atoms with Crippen LogP contribution >= 0.6 is 11.8 Å². The monoisotopic (exact) mass is 491 g/mol. The molecule has 7 nitrogen and oxygen atoms in total. The summed E-state index contributed by atoms with van der Waals surface area (Å²) in [6.45, 7) is 3.69. The van der Waals surface area contributed by atoms with Crippen molar-refractivity contribution in [1.29, 1.82) is 0 Å². The number of esters is 1. The molecule has 3 rings (SSSR count). The van der Waals surface area contributed by atoms with Gasteiger partial charge in [-0.25, -0.2) is 8.42 Å². The molecule has 9 heteroatoms. The molecule has 0 radical (unpaired) electrons. The van der Waals surface area contributed by atoms with Crippen LogP contribution in [0.3, 0.4) is 0 Å². The molecule has 3 atom stereocenters. The number of thioether (sulfide) groups is 1. The standard InChI is InChI=1S/C24H29NO6S2/c1-16-4-8-18(9-5-16)21-14-22(32-13-12-23(26)31-3)20(24(27)28)15-25(21)33(29,30)19-10-6-17(2)7-11-19/h4-11,20-22H,12-15H2,1-3H3,(H,27,28)/t20-,21+,22-/m1/s1. The first-order chi connectivity index (χ1) is 15.6. The first-order valence-corrected chi connectivity index (χ1v) is 13.2. The molecule has 1 aliphatic rings. The predicted octanol–water partition coefficient (Wildman–Crippen LogP) is 3.80. The number of carbonyl (C=O) groups is 2. The molecule has 0 amide bonds. The van der Waals surface area contributed by atoms with E-state index in [9.17, 15) is 23.1 Å². The van der Waals surface area contributed by atoms with Crippen molar-refractivity contribution in [1.82, 2.24) is 4.31 Å². The zero-order valence-electron chi connectivity index (χ0n) is 18.9. The van der Waals surface area contributed by atoms with Crippen LogP contribution in [0.25, 0.3) is 0 Å². The molecule has 0 unspecified atom stereocenters. The Balaban J connectivity index is 1.97. The number of aliphatic carboxylic acids is 1. The van der Waals surface area contributed by atoms with Crippen LogP contribution in [0.5, 0.6) is 0 Å². The van der Waals surface area contributed by atoms with E-state index in [0.717, 1.165) is 16.7 Å². The summed E-state index contributed by atoms with van der Waals surface area (Å²) in [7, 11) is -2.61. The Bertz CT molecular complexity index is 1080. The molecule has 0 bridgehead atoms. The van der Waals surface area contributed by atoms with E-state index in [0.29, 0.717) is 12.2 Å². The van der Waals surface area contributed by atoms with Crippen LogP contribution in [0, 0.1) is 19.8 Å². The molecule has 0 spiro atoms. The molecule has 2 aromatic rings. The topological polar surface area (TPSA) is 101 Å². The van der Waals surface area contributed by atoms with Crippen LogP contribution in [-0.4, -0.2) is 54.4 Å². The van der Waals surface area contributed by atoms with E-state index in [2.05, 4.69) is 4.74 Å². The molecular weight excluding hydrogens is 462 g/mol. The molecule has 1 fully saturated rings. The molecule has 1 aliphatic heterocycles. The fourth-order valence-corrected chi connectivity index (χ4v) is 6.95. The number of piperidine rings is 1. The van der Waals surface area contributed by atoms with Gasteiger partial charge >= 0.3 is 11.9 Å². The Morgan fingerprint density at radius 1 is 1.06 bits per heavy atom. The minimum absolute atomic E-state index is 0.139. The van der Waals surface area contributed by atoms with Crippen LogP contribution in [0.4, 0.5) is 0 Å². The van der Waals surface area contributed by atoms with E-state index in [1.54, 1.807) is 24.3 Å². The Morgan fingerprint density at radius 2 is 1.64 bits per heavy atom. The van der Waals surface area contributed by atoms with Crippen molar-refractivity contribution < 1.29 is 27.9 Å². The highest BCUT2D eigenvalue weighted by Gasteiger charge is 2.45. The zero-order valence-corrected chi connectivity index (χ0v) is 20.6. The molecular formula is C24H29NO6S2. The molecule has 33 heavy (non-hydrogen) atoms. The number of carbonyl (C=O) groups excluding carboxylic acids is 1. The van der Waals surface area contributed by atoms with Gasteiger partial charge in [0.2, 0.25) is 10.0 Å². The molecule has 1 N–H and O–H groups in total. The highest BCUT2D eigenvalue weighted by molar-refractivity contribution is 8.00. The summed E-state index contributed by atoms with van der Waals surface area (Å²) in [5.41, 5.74) is 2.81. The predicted molar refractivity (Wildman–Crippen MR) is 128 cm³/mol. The minimum Gasteiger partial charge on any atom is -0.481 e. The maximum Gasteiger partial charge on any atom is 0.308 e. The fourth-order valence-electron chi connectivity index (χ4n) is 3.96. The first-order valence-electron chi connectivity index (χ1n) is 10.7. The number of nitrogens with zero attached hydrogens (tertiary/aromatic N) is 1. The molecule has 0 aromatic heterocycles. The number of sulfonamides is 1. The zero-order chi connectivity index (χ0) is 24.2. The minimum atomic E-state index is -3.93. The third-order valence-electron chi connectivity index (χ3n) is 5.90. The van der Waals surface area contributed by atoms with Crippen molar-refractivity contribution in [2.24, 2.45) is 5.92 Å². The van der Waals surface area contributed by atoms with Crippen LogP contribution < -0.4 is 0 Å². The van der Waals surface area contributed by atoms with Gasteiger partial charge in [-0.1, -0.05) is 47.5 Å². The number of hydrogen-bond acceptors (Lipinski definition) is 6. The van der Waals surface area contributed by atoms with Gasteiger partial charge in [-0.2, -0.15) is 16.1 Å². The van der Waals surface area contributed by atoms with Crippen molar-refractivity contribution >= 4 is 33.7 Å². The largest absolute Gasteiger partial charge is 0.481 e. The second kappa shape index (κ2) is 10.7. The van der Waals surface area contributed by atoms with Gasteiger partial charge in [0.05, 0.1) is 30.4 Å². The number of aryl methyl sites for hydroxylation is 2. The van der Waals surface area contributed by atoms with E-state index in [-0.39, 0.29) is 29.1 Å². The van der Waals surface area contributed by atoms with Gasteiger partial charge in [0.1, 0.15) is 0 Å². The number of methoxy groups -OCH3 is 1. The van der Waals surface area contributed by atoms with E-state index >= 15 is 0 Å². The third kappa shape index (κ3) is 5.96. The van der Waals surface area contributed by atoms with Crippen molar-refractivity contribution in [3.8, 4) is 0 Å². The number of hydrogen-bond donors (Lipinski definition) is 1. The Hall–Kier alpha value is -2.36.